The molecule has 3 aromatic rings. The van der Waals surface area contributed by atoms with Crippen LogP contribution < -0.4 is 14.9 Å². The van der Waals surface area contributed by atoms with E-state index < -0.39 is 11.6 Å². The second-order valence-corrected chi connectivity index (χ2v) is 8.82. The molecule has 1 aliphatic carbocycles. The lowest BCUT2D eigenvalue weighted by Gasteiger charge is -2.41. The molecule has 1 aromatic carbocycles. The van der Waals surface area contributed by atoms with Crippen LogP contribution in [0.2, 0.25) is 0 Å². The maximum atomic E-state index is 14.5. The van der Waals surface area contributed by atoms with E-state index in [2.05, 4.69) is 18.8 Å². The molecular formula is C23H24F2N2O3. The van der Waals surface area contributed by atoms with Crippen LogP contribution in [0.5, 0.6) is 5.75 Å². The van der Waals surface area contributed by atoms with Gasteiger partial charge in [0.25, 0.3) is 0 Å². The molecule has 4 rings (SSSR count). The molecule has 5 nitrogen and oxygen atoms in total. The number of benzene rings is 1. The van der Waals surface area contributed by atoms with Crippen LogP contribution in [0.25, 0.3) is 10.9 Å². The van der Waals surface area contributed by atoms with Gasteiger partial charge in [0.15, 0.2) is 29.4 Å². The molecule has 2 aromatic heterocycles. The minimum atomic E-state index is -0.996. The Balaban J connectivity index is 1.86. The summed E-state index contributed by atoms with van der Waals surface area (Å²) in [6.07, 6.45) is 5.01. The maximum Gasteiger partial charge on any atom is 0.200 e. The second kappa shape index (κ2) is 7.38. The molecule has 0 unspecified atom stereocenters. The van der Waals surface area contributed by atoms with Crippen molar-refractivity contribution in [2.24, 2.45) is 5.41 Å². The summed E-state index contributed by atoms with van der Waals surface area (Å²) in [4.78, 5) is 16.0. The SMILES string of the molecule is COc1c([C@@H]2CC(C)(C)CC[C@H]2c2cc(=O)c3c[n+]([O-])ccc3[nH]2)ccc(F)c1F. The highest BCUT2D eigenvalue weighted by atomic mass is 19.2. The zero-order chi connectivity index (χ0) is 21.6. The van der Waals surface area contributed by atoms with E-state index in [-0.39, 0.29) is 28.4 Å². The Bertz CT molecular complexity index is 1170. The number of aromatic nitrogens is 2. The third kappa shape index (κ3) is 3.53. The van der Waals surface area contributed by atoms with Crippen molar-refractivity contribution in [3.63, 3.8) is 0 Å². The van der Waals surface area contributed by atoms with E-state index in [9.17, 15) is 18.8 Å². The van der Waals surface area contributed by atoms with Gasteiger partial charge >= 0.3 is 0 Å². The highest BCUT2D eigenvalue weighted by Crippen LogP contribution is 2.52. The van der Waals surface area contributed by atoms with Gasteiger partial charge in [-0.25, -0.2) is 4.39 Å². The van der Waals surface area contributed by atoms with E-state index in [4.69, 9.17) is 4.74 Å². The molecule has 30 heavy (non-hydrogen) atoms. The Hall–Kier alpha value is -2.96. The van der Waals surface area contributed by atoms with Crippen molar-refractivity contribution in [2.45, 2.75) is 44.9 Å². The smallest absolute Gasteiger partial charge is 0.200 e. The number of hydrogen-bond acceptors (Lipinski definition) is 3. The monoisotopic (exact) mass is 414 g/mol. The van der Waals surface area contributed by atoms with Crippen LogP contribution in [0.1, 0.15) is 56.2 Å². The topological polar surface area (TPSA) is 69.0 Å². The van der Waals surface area contributed by atoms with Crippen LogP contribution in [0, 0.1) is 22.3 Å². The van der Waals surface area contributed by atoms with Gasteiger partial charge in [-0.2, -0.15) is 9.12 Å². The summed E-state index contributed by atoms with van der Waals surface area (Å²) in [6, 6.07) is 5.80. The molecule has 158 valence electrons. The van der Waals surface area contributed by atoms with Gasteiger partial charge in [0, 0.05) is 29.3 Å². The molecule has 2 atom stereocenters. The fraction of sp³-hybridized carbons (Fsp3) is 0.391. The first-order chi connectivity index (χ1) is 14.2. The Kier molecular flexibility index (Phi) is 5.00. The lowest BCUT2D eigenvalue weighted by molar-refractivity contribution is -0.603. The average Bonchev–Trinajstić information content (AvgIpc) is 2.69. The number of nitrogens with one attached hydrogen (secondary N) is 1. The number of hydrogen-bond donors (Lipinski definition) is 1. The molecule has 1 N–H and O–H groups in total. The molecule has 1 aliphatic rings. The zero-order valence-corrected chi connectivity index (χ0v) is 17.2. The fourth-order valence-corrected chi connectivity index (χ4v) is 4.73. The van der Waals surface area contributed by atoms with Crippen molar-refractivity contribution >= 4 is 10.9 Å². The summed E-state index contributed by atoms with van der Waals surface area (Å²) in [5, 5.41) is 11.9. The van der Waals surface area contributed by atoms with Gasteiger partial charge in [-0.05, 0) is 36.7 Å². The molecular weight excluding hydrogens is 390 g/mol. The number of ether oxygens (including phenoxy) is 1. The van der Waals surface area contributed by atoms with E-state index in [1.165, 1.54) is 25.6 Å². The minimum Gasteiger partial charge on any atom is -0.619 e. The van der Waals surface area contributed by atoms with Gasteiger partial charge in [0.05, 0.1) is 12.6 Å². The first-order valence-corrected chi connectivity index (χ1v) is 9.98. The highest BCUT2D eigenvalue weighted by molar-refractivity contribution is 5.76. The first-order valence-electron chi connectivity index (χ1n) is 9.98. The van der Waals surface area contributed by atoms with Crippen molar-refractivity contribution < 1.29 is 18.2 Å². The Morgan fingerprint density at radius 1 is 1.23 bits per heavy atom. The zero-order valence-electron chi connectivity index (χ0n) is 17.2. The largest absolute Gasteiger partial charge is 0.619 e. The van der Waals surface area contributed by atoms with Crippen LogP contribution in [-0.4, -0.2) is 12.1 Å². The number of rotatable bonds is 3. The van der Waals surface area contributed by atoms with Crippen LogP contribution in [-0.2, 0) is 0 Å². The predicted molar refractivity (Wildman–Crippen MR) is 110 cm³/mol. The number of aromatic amines is 1. The maximum absolute atomic E-state index is 14.5. The van der Waals surface area contributed by atoms with Crippen molar-refractivity contribution in [1.82, 2.24) is 4.98 Å². The molecule has 1 saturated carbocycles. The Morgan fingerprint density at radius 3 is 2.73 bits per heavy atom. The van der Waals surface area contributed by atoms with E-state index >= 15 is 0 Å². The number of methoxy groups -OCH3 is 1. The van der Waals surface area contributed by atoms with Crippen molar-refractivity contribution in [3.8, 4) is 5.75 Å². The third-order valence-electron chi connectivity index (χ3n) is 6.24. The van der Waals surface area contributed by atoms with Gasteiger partial charge < -0.3 is 14.9 Å². The number of fused-ring (bicyclic) bond motifs is 1. The first kappa shape index (κ1) is 20.3. The van der Waals surface area contributed by atoms with Gasteiger partial charge in [-0.1, -0.05) is 19.9 Å². The summed E-state index contributed by atoms with van der Waals surface area (Å²) in [6.45, 7) is 4.30. The number of nitrogens with zero attached hydrogens (tertiary/aromatic N) is 1. The fourth-order valence-electron chi connectivity index (χ4n) is 4.73. The Morgan fingerprint density at radius 2 is 2.00 bits per heavy atom. The number of H-pyrrole nitrogens is 1. The van der Waals surface area contributed by atoms with E-state index in [1.807, 2.05) is 0 Å². The van der Waals surface area contributed by atoms with Crippen LogP contribution in [0.4, 0.5) is 8.78 Å². The third-order valence-corrected chi connectivity index (χ3v) is 6.24. The molecule has 0 saturated heterocycles. The average molecular weight is 414 g/mol. The summed E-state index contributed by atoms with van der Waals surface area (Å²) in [7, 11) is 1.33. The van der Waals surface area contributed by atoms with E-state index in [0.717, 1.165) is 31.0 Å². The number of pyridine rings is 2. The molecule has 0 radical (unpaired) electrons. The molecule has 2 heterocycles. The Labute approximate surface area is 172 Å². The second-order valence-electron chi connectivity index (χ2n) is 8.82. The lowest BCUT2D eigenvalue weighted by atomic mass is 9.64. The molecule has 0 spiro atoms. The molecule has 1 fully saturated rings. The van der Waals surface area contributed by atoms with Crippen molar-refractivity contribution in [2.75, 3.05) is 7.11 Å². The minimum absolute atomic E-state index is 0.00226. The molecule has 7 heteroatoms. The van der Waals surface area contributed by atoms with Gasteiger partial charge in [-0.3, -0.25) is 4.79 Å². The lowest BCUT2D eigenvalue weighted by Crippen LogP contribution is -2.29. The summed E-state index contributed by atoms with van der Waals surface area (Å²) in [5.41, 5.74) is 1.65. The van der Waals surface area contributed by atoms with Crippen molar-refractivity contribution in [3.05, 3.63) is 75.0 Å². The molecule has 0 bridgehead atoms. The standard InChI is InChI=1S/C23H24F2N2O3/c1-23(2)8-6-13(15(11-23)14-4-5-17(24)21(25)22(14)30-3)19-10-20(28)16-12-27(29)9-7-18(16)26-19/h4-5,7,9-10,12-13,15H,6,8,11H2,1-3H3,(H,26,28)/t13-,15-/m1/s1. The molecule has 0 aliphatic heterocycles. The quantitative estimate of drug-likeness (QED) is 0.506. The van der Waals surface area contributed by atoms with E-state index in [1.54, 1.807) is 12.1 Å². The summed E-state index contributed by atoms with van der Waals surface area (Å²) >= 11 is 0. The number of halogens is 2. The normalized spacial score (nSPS) is 21.0. The summed E-state index contributed by atoms with van der Waals surface area (Å²) < 4.78 is 34.1. The van der Waals surface area contributed by atoms with Gasteiger partial charge in [0.2, 0.25) is 5.82 Å². The summed E-state index contributed by atoms with van der Waals surface area (Å²) in [5.74, 6) is -2.30. The van der Waals surface area contributed by atoms with E-state index in [0.29, 0.717) is 21.2 Å². The van der Waals surface area contributed by atoms with Crippen molar-refractivity contribution in [1.29, 1.82) is 0 Å². The predicted octanol–water partition coefficient (Wildman–Crippen LogP) is 4.53. The van der Waals surface area contributed by atoms with Gasteiger partial charge in [0.1, 0.15) is 5.39 Å². The molecule has 0 amide bonds. The van der Waals surface area contributed by atoms with Gasteiger partial charge in [-0.15, -0.1) is 0 Å². The van der Waals surface area contributed by atoms with Crippen LogP contribution >= 0.6 is 0 Å². The van der Waals surface area contributed by atoms with Crippen LogP contribution in [0.15, 0.2) is 41.5 Å². The van der Waals surface area contributed by atoms with Crippen LogP contribution in [0.3, 0.4) is 0 Å². The highest BCUT2D eigenvalue weighted by Gasteiger charge is 2.39.